The highest BCUT2D eigenvalue weighted by Gasteiger charge is 2.21. The first-order valence-corrected chi connectivity index (χ1v) is 17.1. The molecule has 5 heteroatoms. The summed E-state index contributed by atoms with van der Waals surface area (Å²) < 4.78 is 2.20. The van der Waals surface area contributed by atoms with Crippen molar-refractivity contribution in [2.45, 2.75) is 53.5 Å². The lowest BCUT2D eigenvalue weighted by atomic mass is 9.87. The summed E-state index contributed by atoms with van der Waals surface area (Å²) in [5, 5.41) is 26.0. The van der Waals surface area contributed by atoms with E-state index < -0.39 is 0 Å². The predicted molar refractivity (Wildman–Crippen MR) is 202 cm³/mol. The number of benzene rings is 5. The summed E-state index contributed by atoms with van der Waals surface area (Å²) in [7, 11) is 4.19. The Bertz CT molecular complexity index is 2040. The summed E-state index contributed by atoms with van der Waals surface area (Å²) in [5.74, 6) is 1.03. The number of aryl methyl sites for hydroxylation is 3. The predicted octanol–water partition coefficient (Wildman–Crippen LogP) is 9.52. The highest BCUT2D eigenvalue weighted by atomic mass is 16.3. The fraction of sp³-hybridized carbons (Fsp3) is 0.302. The zero-order chi connectivity index (χ0) is 34.1. The van der Waals surface area contributed by atoms with Crippen molar-refractivity contribution < 1.29 is 10.2 Å². The van der Waals surface area contributed by atoms with Crippen molar-refractivity contribution in [3.63, 3.8) is 0 Å². The standard InChI is InChI=1S/C43H49N3O2/c1-28(2)34-16-12-13-31(5)41(34)37-25-29(3)23-32(42(37)47)19-20-45(22-21-44(6)7)27-33-24-30(4)26-40(43(33)48)46-38-17-10-8-14-35(38)36-15-9-11-18-39(36)46/h8-18,23-26,28,47-48H,19-22,27H2,1-7H3. The normalized spacial score (nSPS) is 12.0. The molecule has 1 aromatic heterocycles. The minimum Gasteiger partial charge on any atom is -0.507 e. The molecule has 0 atom stereocenters. The van der Waals surface area contributed by atoms with Crippen molar-refractivity contribution in [3.8, 4) is 28.3 Å². The number of phenolic OH excluding ortho intramolecular Hbond substituents is 2. The Labute approximate surface area is 285 Å². The van der Waals surface area contributed by atoms with Gasteiger partial charge in [0.2, 0.25) is 0 Å². The fourth-order valence-corrected chi connectivity index (χ4v) is 7.21. The molecule has 248 valence electrons. The van der Waals surface area contributed by atoms with Crippen LogP contribution in [0, 0.1) is 20.8 Å². The van der Waals surface area contributed by atoms with Crippen LogP contribution in [-0.2, 0) is 13.0 Å². The van der Waals surface area contributed by atoms with E-state index in [-0.39, 0.29) is 0 Å². The molecule has 1 heterocycles. The molecule has 5 aromatic carbocycles. The Morgan fingerprint density at radius 3 is 1.94 bits per heavy atom. The van der Waals surface area contributed by atoms with Crippen LogP contribution < -0.4 is 0 Å². The lowest BCUT2D eigenvalue weighted by molar-refractivity contribution is 0.233. The summed E-state index contributed by atoms with van der Waals surface area (Å²) in [5.41, 5.74) is 11.5. The number of phenols is 2. The third kappa shape index (κ3) is 6.58. The van der Waals surface area contributed by atoms with Gasteiger partial charge in [-0.2, -0.15) is 0 Å². The van der Waals surface area contributed by atoms with E-state index in [0.29, 0.717) is 30.4 Å². The van der Waals surface area contributed by atoms with Gasteiger partial charge in [-0.05, 0) is 105 Å². The number of aromatic hydroxyl groups is 2. The van der Waals surface area contributed by atoms with Gasteiger partial charge in [-0.15, -0.1) is 0 Å². The molecular weight excluding hydrogens is 590 g/mol. The van der Waals surface area contributed by atoms with E-state index in [2.05, 4.69) is 154 Å². The number of hydrogen-bond donors (Lipinski definition) is 2. The topological polar surface area (TPSA) is 51.9 Å². The quantitative estimate of drug-likeness (QED) is 0.148. The highest BCUT2D eigenvalue weighted by Crippen LogP contribution is 2.41. The lowest BCUT2D eigenvalue weighted by Crippen LogP contribution is -2.33. The van der Waals surface area contributed by atoms with Gasteiger partial charge < -0.3 is 19.7 Å². The minimum atomic E-state index is 0.309. The smallest absolute Gasteiger partial charge is 0.144 e. The zero-order valence-corrected chi connectivity index (χ0v) is 29.5. The lowest BCUT2D eigenvalue weighted by Gasteiger charge is -2.26. The van der Waals surface area contributed by atoms with Gasteiger partial charge in [-0.1, -0.05) is 80.6 Å². The second-order valence-corrected chi connectivity index (χ2v) is 14.0. The molecule has 48 heavy (non-hydrogen) atoms. The molecule has 0 radical (unpaired) electrons. The molecule has 0 aliphatic carbocycles. The van der Waals surface area contributed by atoms with Gasteiger partial charge in [-0.25, -0.2) is 0 Å². The molecule has 0 bridgehead atoms. The van der Waals surface area contributed by atoms with Crippen molar-refractivity contribution in [2.24, 2.45) is 0 Å². The number of fused-ring (bicyclic) bond motifs is 3. The molecule has 0 fully saturated rings. The number of likely N-dealkylation sites (N-methyl/N-ethyl adjacent to an activating group) is 1. The Hall–Kier alpha value is -4.58. The van der Waals surface area contributed by atoms with E-state index in [4.69, 9.17) is 0 Å². The van der Waals surface area contributed by atoms with Crippen molar-refractivity contribution >= 4 is 21.8 Å². The van der Waals surface area contributed by atoms with Gasteiger partial charge in [0.05, 0.1) is 16.7 Å². The van der Waals surface area contributed by atoms with Crippen molar-refractivity contribution in [1.82, 2.24) is 14.4 Å². The van der Waals surface area contributed by atoms with Crippen LogP contribution >= 0.6 is 0 Å². The van der Waals surface area contributed by atoms with Crippen LogP contribution in [0.1, 0.15) is 53.1 Å². The minimum absolute atomic E-state index is 0.309. The Balaban J connectivity index is 1.35. The summed E-state index contributed by atoms with van der Waals surface area (Å²) >= 11 is 0. The summed E-state index contributed by atoms with van der Waals surface area (Å²) in [6.45, 7) is 13.8. The third-order valence-electron chi connectivity index (χ3n) is 9.62. The van der Waals surface area contributed by atoms with E-state index in [0.717, 1.165) is 69.7 Å². The van der Waals surface area contributed by atoms with E-state index in [1.54, 1.807) is 0 Å². The molecule has 6 aromatic rings. The van der Waals surface area contributed by atoms with Crippen molar-refractivity contribution in [2.75, 3.05) is 33.7 Å². The molecule has 0 unspecified atom stereocenters. The maximum absolute atomic E-state index is 12.0. The monoisotopic (exact) mass is 639 g/mol. The maximum atomic E-state index is 12.0. The summed E-state index contributed by atoms with van der Waals surface area (Å²) in [6, 6.07) is 31.7. The van der Waals surface area contributed by atoms with E-state index in [1.165, 1.54) is 21.9 Å². The maximum Gasteiger partial charge on any atom is 0.144 e. The van der Waals surface area contributed by atoms with Gasteiger partial charge >= 0.3 is 0 Å². The number of rotatable bonds is 11. The Morgan fingerprint density at radius 2 is 1.29 bits per heavy atom. The molecule has 5 nitrogen and oxygen atoms in total. The number of aromatic nitrogens is 1. The average Bonchev–Trinajstić information content (AvgIpc) is 3.39. The first-order chi connectivity index (χ1) is 23.0. The first-order valence-electron chi connectivity index (χ1n) is 17.1. The number of nitrogens with zero attached hydrogens (tertiary/aromatic N) is 3. The Morgan fingerprint density at radius 1 is 0.667 bits per heavy atom. The molecule has 0 saturated carbocycles. The molecular formula is C43H49N3O2. The first kappa shape index (κ1) is 33.3. The SMILES string of the molecule is Cc1cc(CCN(CCN(C)C)Cc2cc(C)cc(-n3c4ccccc4c4ccccc43)c2O)c(O)c(-c2c(C)cccc2C(C)C)c1. The van der Waals surface area contributed by atoms with Gasteiger partial charge in [0.15, 0.2) is 0 Å². The van der Waals surface area contributed by atoms with Crippen LogP contribution in [0.2, 0.25) is 0 Å². The van der Waals surface area contributed by atoms with Crippen molar-refractivity contribution in [3.05, 3.63) is 124 Å². The fourth-order valence-electron chi connectivity index (χ4n) is 7.21. The highest BCUT2D eigenvalue weighted by molar-refractivity contribution is 6.09. The average molecular weight is 640 g/mol. The molecule has 0 spiro atoms. The molecule has 2 N–H and O–H groups in total. The number of para-hydroxylation sites is 2. The van der Waals surface area contributed by atoms with Gasteiger partial charge in [0.25, 0.3) is 0 Å². The molecule has 0 amide bonds. The van der Waals surface area contributed by atoms with Crippen molar-refractivity contribution in [1.29, 1.82) is 0 Å². The van der Waals surface area contributed by atoms with Crippen LogP contribution in [0.15, 0.2) is 91.0 Å². The van der Waals surface area contributed by atoms with Gasteiger partial charge in [0, 0.05) is 48.1 Å². The largest absolute Gasteiger partial charge is 0.507 e. The Kier molecular flexibility index (Phi) is 9.63. The van der Waals surface area contributed by atoms with Crippen LogP contribution in [0.4, 0.5) is 0 Å². The van der Waals surface area contributed by atoms with Crippen LogP contribution in [0.5, 0.6) is 11.5 Å². The third-order valence-corrected chi connectivity index (χ3v) is 9.62. The number of hydrogen-bond acceptors (Lipinski definition) is 4. The molecule has 0 aliphatic rings. The molecule has 6 rings (SSSR count). The summed E-state index contributed by atoms with van der Waals surface area (Å²) in [4.78, 5) is 4.60. The van der Waals surface area contributed by atoms with E-state index in [9.17, 15) is 10.2 Å². The molecule has 0 saturated heterocycles. The van der Waals surface area contributed by atoms with Crippen LogP contribution in [0.3, 0.4) is 0 Å². The van der Waals surface area contributed by atoms with Gasteiger partial charge in [0.1, 0.15) is 11.5 Å². The van der Waals surface area contributed by atoms with E-state index in [1.807, 2.05) is 0 Å². The second-order valence-electron chi connectivity index (χ2n) is 14.0. The van der Waals surface area contributed by atoms with Crippen LogP contribution in [0.25, 0.3) is 38.6 Å². The van der Waals surface area contributed by atoms with Gasteiger partial charge in [-0.3, -0.25) is 4.90 Å². The second kappa shape index (κ2) is 13.9. The molecule has 0 aliphatic heterocycles. The van der Waals surface area contributed by atoms with E-state index >= 15 is 0 Å². The summed E-state index contributed by atoms with van der Waals surface area (Å²) in [6.07, 6.45) is 0.698. The zero-order valence-electron chi connectivity index (χ0n) is 29.5. The van der Waals surface area contributed by atoms with Crippen LogP contribution in [-0.4, -0.2) is 58.3 Å².